The summed E-state index contributed by atoms with van der Waals surface area (Å²) < 4.78 is -0.0129. The second kappa shape index (κ2) is 6.33. The van der Waals surface area contributed by atoms with E-state index in [0.29, 0.717) is 32.2 Å². The van der Waals surface area contributed by atoms with Gasteiger partial charge in [0, 0.05) is 31.2 Å². The summed E-state index contributed by atoms with van der Waals surface area (Å²) in [5.41, 5.74) is 1.05. The van der Waals surface area contributed by atoms with E-state index in [4.69, 9.17) is 0 Å². The smallest absolute Gasteiger partial charge is 0.229 e. The van der Waals surface area contributed by atoms with Gasteiger partial charge in [-0.2, -0.15) is 0 Å². The summed E-state index contributed by atoms with van der Waals surface area (Å²) in [6.45, 7) is 2.56. The van der Waals surface area contributed by atoms with Crippen molar-refractivity contribution in [1.82, 2.24) is 9.88 Å². The van der Waals surface area contributed by atoms with Crippen molar-refractivity contribution in [3.63, 3.8) is 0 Å². The Kier molecular flexibility index (Phi) is 5.21. The predicted octanol–water partition coefficient (Wildman–Crippen LogP) is 3.27. The molecule has 1 aliphatic heterocycles. The van der Waals surface area contributed by atoms with Crippen LogP contribution in [0.1, 0.15) is 36.9 Å². The monoisotopic (exact) mass is 504 g/mol. The Morgan fingerprint density at radius 1 is 1.37 bits per heavy atom. The number of carbonyl (C=O) groups is 2. The predicted molar refractivity (Wildman–Crippen MR) is 91.8 cm³/mol. The lowest BCUT2D eigenvalue weighted by Gasteiger charge is -2.24. The molecule has 1 fully saturated rings. The van der Waals surface area contributed by atoms with Crippen LogP contribution < -0.4 is 0 Å². The van der Waals surface area contributed by atoms with E-state index in [1.165, 1.54) is 4.90 Å². The van der Waals surface area contributed by atoms with Gasteiger partial charge in [-0.05, 0) is 13.3 Å². The van der Waals surface area contributed by atoms with Crippen molar-refractivity contribution in [2.75, 3.05) is 6.54 Å². The number of halogens is 2. The van der Waals surface area contributed by atoms with Crippen LogP contribution in [0, 0.1) is 0 Å². The van der Waals surface area contributed by atoms with Gasteiger partial charge in [-0.25, -0.2) is 4.98 Å². The first kappa shape index (κ1) is 15.6. The van der Waals surface area contributed by atoms with Crippen molar-refractivity contribution in [3.05, 3.63) is 16.1 Å². The molecule has 0 atom stereocenters. The number of hydrogen-bond acceptors (Lipinski definition) is 4. The Morgan fingerprint density at radius 3 is 2.53 bits per heavy atom. The Bertz CT molecular complexity index is 480. The largest absolute Gasteiger partial charge is 0.282 e. The van der Waals surface area contributed by atoms with Crippen molar-refractivity contribution in [2.24, 2.45) is 0 Å². The van der Waals surface area contributed by atoms with Gasteiger partial charge in [0.25, 0.3) is 0 Å². The molecule has 0 bridgehead atoms. The zero-order chi connectivity index (χ0) is 14.0. The van der Waals surface area contributed by atoms with Gasteiger partial charge >= 0.3 is 0 Å². The number of aromatic nitrogens is 1. The first-order valence-corrected chi connectivity index (χ1v) is 9.07. The maximum Gasteiger partial charge on any atom is 0.229 e. The second-order valence-corrected chi connectivity index (χ2v) is 11.9. The highest BCUT2D eigenvalue weighted by Gasteiger charge is 2.26. The number of carbonyl (C=O) groups excluding carboxylic acids is 2. The first-order chi connectivity index (χ1) is 8.88. The Hall–Kier alpha value is 0.230. The SMILES string of the molecule is CC(I)(I)c1csc(CCN2C(=O)CCCC2=O)n1. The lowest BCUT2D eigenvalue weighted by atomic mass is 10.1. The van der Waals surface area contributed by atoms with Gasteiger partial charge in [0.1, 0.15) is 1.43 Å². The molecule has 1 aliphatic rings. The van der Waals surface area contributed by atoms with Gasteiger partial charge < -0.3 is 0 Å². The zero-order valence-corrected chi connectivity index (χ0v) is 15.6. The van der Waals surface area contributed by atoms with Crippen LogP contribution in [0.5, 0.6) is 0 Å². The normalized spacial score (nSPS) is 17.1. The molecule has 1 aromatic rings. The molecule has 19 heavy (non-hydrogen) atoms. The average molecular weight is 504 g/mol. The van der Waals surface area contributed by atoms with Crippen LogP contribution in [-0.4, -0.2) is 28.2 Å². The van der Waals surface area contributed by atoms with Crippen LogP contribution in [0.3, 0.4) is 0 Å². The van der Waals surface area contributed by atoms with Gasteiger partial charge in [0.2, 0.25) is 11.8 Å². The summed E-state index contributed by atoms with van der Waals surface area (Å²) >= 11 is 6.29. The van der Waals surface area contributed by atoms with E-state index in [9.17, 15) is 9.59 Å². The van der Waals surface area contributed by atoms with E-state index in [-0.39, 0.29) is 13.2 Å². The van der Waals surface area contributed by atoms with E-state index >= 15 is 0 Å². The maximum atomic E-state index is 11.7. The number of nitrogens with zero attached hydrogens (tertiary/aromatic N) is 2. The van der Waals surface area contributed by atoms with Crippen molar-refractivity contribution in [1.29, 1.82) is 0 Å². The third-order valence-electron chi connectivity index (χ3n) is 2.93. The molecule has 104 valence electrons. The molecule has 0 radical (unpaired) electrons. The minimum Gasteiger partial charge on any atom is -0.282 e. The van der Waals surface area contributed by atoms with Gasteiger partial charge in [0.15, 0.2) is 0 Å². The van der Waals surface area contributed by atoms with Crippen LogP contribution in [0.2, 0.25) is 0 Å². The highest BCUT2D eigenvalue weighted by molar-refractivity contribution is 14.2. The average Bonchev–Trinajstić information content (AvgIpc) is 2.77. The highest BCUT2D eigenvalue weighted by Crippen LogP contribution is 2.38. The Labute approximate surface area is 143 Å². The van der Waals surface area contributed by atoms with Crippen molar-refractivity contribution >= 4 is 68.3 Å². The fourth-order valence-electron chi connectivity index (χ4n) is 1.88. The lowest BCUT2D eigenvalue weighted by Crippen LogP contribution is -2.41. The molecule has 7 heteroatoms. The third-order valence-corrected chi connectivity index (χ3v) is 4.95. The minimum atomic E-state index is -0.0411. The van der Waals surface area contributed by atoms with Crippen LogP contribution in [-0.2, 0) is 17.4 Å². The molecule has 4 nitrogen and oxygen atoms in total. The molecule has 0 spiro atoms. The summed E-state index contributed by atoms with van der Waals surface area (Å²) in [6.07, 6.45) is 2.34. The van der Waals surface area contributed by atoms with Gasteiger partial charge in [0.05, 0.1) is 10.7 Å². The quantitative estimate of drug-likeness (QED) is 0.360. The second-order valence-electron chi connectivity index (χ2n) is 4.56. The number of alkyl halides is 2. The number of thiazole rings is 1. The molecule has 2 heterocycles. The van der Waals surface area contributed by atoms with Gasteiger partial charge in [-0.3, -0.25) is 14.5 Å². The van der Waals surface area contributed by atoms with Crippen molar-refractivity contribution in [3.8, 4) is 0 Å². The molecule has 0 unspecified atom stereocenters. The van der Waals surface area contributed by atoms with Crippen molar-refractivity contribution in [2.45, 2.75) is 34.0 Å². The third kappa shape index (κ3) is 4.10. The molecule has 2 rings (SSSR count). The standard InChI is InChI=1S/C12H14I2N2O2S/c1-12(13,14)8-7-19-9(15-8)5-6-16-10(17)3-2-4-11(16)18/h7H,2-6H2,1H3. The Morgan fingerprint density at radius 2 is 2.00 bits per heavy atom. The van der Waals surface area contributed by atoms with E-state index in [1.54, 1.807) is 11.3 Å². The topological polar surface area (TPSA) is 50.3 Å². The van der Waals surface area contributed by atoms with Crippen LogP contribution >= 0.6 is 56.5 Å². The summed E-state index contributed by atoms with van der Waals surface area (Å²) in [5.74, 6) is -0.0821. The molecule has 1 saturated heterocycles. The molecule has 0 aliphatic carbocycles. The number of imide groups is 1. The number of amides is 2. The fraction of sp³-hybridized carbons (Fsp3) is 0.583. The number of hydrogen-bond donors (Lipinski definition) is 0. The molecular formula is C12H14I2N2O2S. The number of piperidine rings is 1. The summed E-state index contributed by atoms with van der Waals surface area (Å²) in [4.78, 5) is 29.3. The van der Waals surface area contributed by atoms with Gasteiger partial charge in [-0.15, -0.1) is 11.3 Å². The van der Waals surface area contributed by atoms with E-state index < -0.39 is 0 Å². The van der Waals surface area contributed by atoms with Crippen LogP contribution in [0.25, 0.3) is 0 Å². The molecule has 0 saturated carbocycles. The van der Waals surface area contributed by atoms with Crippen molar-refractivity contribution < 1.29 is 9.59 Å². The van der Waals surface area contributed by atoms with E-state index in [0.717, 1.165) is 10.7 Å². The summed E-state index contributed by atoms with van der Waals surface area (Å²) in [5, 5.41) is 3.04. The molecule has 0 aromatic carbocycles. The number of rotatable bonds is 4. The van der Waals surface area contributed by atoms with Crippen LogP contribution in [0.4, 0.5) is 0 Å². The minimum absolute atomic E-state index is 0.0129. The summed E-state index contributed by atoms with van der Waals surface area (Å²) in [6, 6.07) is 0. The molecule has 0 N–H and O–H groups in total. The number of likely N-dealkylation sites (tertiary alicyclic amines) is 1. The molecule has 2 amide bonds. The maximum absolute atomic E-state index is 11.7. The Balaban J connectivity index is 1.97. The molecular weight excluding hydrogens is 490 g/mol. The van der Waals surface area contributed by atoms with E-state index in [2.05, 4.69) is 57.1 Å². The van der Waals surface area contributed by atoms with E-state index in [1.807, 2.05) is 5.38 Å². The van der Waals surface area contributed by atoms with Gasteiger partial charge in [-0.1, -0.05) is 45.2 Å². The highest BCUT2D eigenvalue weighted by atomic mass is 127. The lowest BCUT2D eigenvalue weighted by molar-refractivity contribution is -0.147. The first-order valence-electron chi connectivity index (χ1n) is 6.04. The fourth-order valence-corrected chi connectivity index (χ4v) is 3.76. The van der Waals surface area contributed by atoms with Crippen LogP contribution in [0.15, 0.2) is 5.38 Å². The molecule has 1 aromatic heterocycles. The summed E-state index contributed by atoms with van der Waals surface area (Å²) in [7, 11) is 0. The zero-order valence-electron chi connectivity index (χ0n) is 10.5.